The fourth-order valence-corrected chi connectivity index (χ4v) is 1.90. The lowest BCUT2D eigenvalue weighted by atomic mass is 10.0. The number of hydrogen-bond donors (Lipinski definition) is 1. The van der Waals surface area contributed by atoms with Crippen LogP contribution >= 0.6 is 0 Å². The minimum atomic E-state index is 0.417. The summed E-state index contributed by atoms with van der Waals surface area (Å²) in [5, 5.41) is 7.72. The second-order valence-corrected chi connectivity index (χ2v) is 3.64. The van der Waals surface area contributed by atoms with E-state index in [1.165, 1.54) is 19.3 Å². The maximum absolute atomic E-state index is 4.42. The molecule has 0 saturated carbocycles. The van der Waals surface area contributed by atoms with Crippen LogP contribution in [0.3, 0.4) is 0 Å². The second kappa shape index (κ2) is 3.46. The molecule has 2 heterocycles. The molecule has 1 aromatic heterocycles. The summed E-state index contributed by atoms with van der Waals surface area (Å²) >= 11 is 0. The Hall–Kier alpha value is -0.900. The molecule has 0 spiro atoms. The Morgan fingerprint density at radius 2 is 2.31 bits per heavy atom. The van der Waals surface area contributed by atoms with Crippen LogP contribution in [0.2, 0.25) is 0 Å². The van der Waals surface area contributed by atoms with Crippen LogP contribution in [-0.2, 0) is 7.05 Å². The van der Waals surface area contributed by atoms with E-state index in [1.807, 2.05) is 18.7 Å². The van der Waals surface area contributed by atoms with Gasteiger partial charge < -0.3 is 5.32 Å². The third-order valence-corrected chi connectivity index (χ3v) is 2.52. The molecule has 1 fully saturated rings. The predicted octanol–water partition coefficient (Wildman–Crippen LogP) is 0.938. The van der Waals surface area contributed by atoms with Gasteiger partial charge in [0.15, 0.2) is 0 Å². The summed E-state index contributed by atoms with van der Waals surface area (Å²) < 4.78 is 1.89. The number of rotatable bonds is 1. The van der Waals surface area contributed by atoms with E-state index in [0.29, 0.717) is 6.04 Å². The van der Waals surface area contributed by atoms with Gasteiger partial charge in [-0.25, -0.2) is 4.98 Å². The van der Waals surface area contributed by atoms with Gasteiger partial charge in [0.1, 0.15) is 11.6 Å². The van der Waals surface area contributed by atoms with Crippen molar-refractivity contribution in [2.75, 3.05) is 6.54 Å². The zero-order chi connectivity index (χ0) is 9.26. The molecule has 0 amide bonds. The van der Waals surface area contributed by atoms with Crippen molar-refractivity contribution in [1.82, 2.24) is 20.1 Å². The van der Waals surface area contributed by atoms with E-state index >= 15 is 0 Å². The van der Waals surface area contributed by atoms with E-state index in [-0.39, 0.29) is 0 Å². The summed E-state index contributed by atoms with van der Waals surface area (Å²) in [7, 11) is 1.96. The Balaban J connectivity index is 2.18. The van der Waals surface area contributed by atoms with Crippen LogP contribution in [0.15, 0.2) is 0 Å². The van der Waals surface area contributed by atoms with E-state index in [2.05, 4.69) is 15.4 Å². The molecule has 0 radical (unpaired) electrons. The van der Waals surface area contributed by atoms with E-state index in [4.69, 9.17) is 0 Å². The van der Waals surface area contributed by atoms with Crippen LogP contribution in [0, 0.1) is 6.92 Å². The monoisotopic (exact) mass is 180 g/mol. The minimum Gasteiger partial charge on any atom is -0.307 e. The first-order valence-electron chi connectivity index (χ1n) is 4.88. The van der Waals surface area contributed by atoms with Crippen molar-refractivity contribution in [3.8, 4) is 0 Å². The molecule has 1 aliphatic rings. The molecule has 4 nitrogen and oxygen atoms in total. The third kappa shape index (κ3) is 1.72. The van der Waals surface area contributed by atoms with E-state index < -0.39 is 0 Å². The van der Waals surface area contributed by atoms with Gasteiger partial charge in [-0.2, -0.15) is 5.10 Å². The summed E-state index contributed by atoms with van der Waals surface area (Å²) in [6.07, 6.45) is 3.77. The van der Waals surface area contributed by atoms with Crippen molar-refractivity contribution in [3.05, 3.63) is 11.6 Å². The minimum absolute atomic E-state index is 0.417. The predicted molar refractivity (Wildman–Crippen MR) is 50.3 cm³/mol. The molecular formula is C9H16N4. The van der Waals surface area contributed by atoms with Crippen molar-refractivity contribution < 1.29 is 0 Å². The van der Waals surface area contributed by atoms with Gasteiger partial charge in [0.2, 0.25) is 0 Å². The van der Waals surface area contributed by atoms with E-state index in [9.17, 15) is 0 Å². The quantitative estimate of drug-likeness (QED) is 0.699. The molecule has 2 rings (SSSR count). The van der Waals surface area contributed by atoms with Gasteiger partial charge in [0.05, 0.1) is 6.04 Å². The smallest absolute Gasteiger partial charge is 0.147 e. The molecule has 1 N–H and O–H groups in total. The lowest BCUT2D eigenvalue weighted by Crippen LogP contribution is -2.29. The maximum Gasteiger partial charge on any atom is 0.147 e. The molecular weight excluding hydrogens is 164 g/mol. The highest BCUT2D eigenvalue weighted by Crippen LogP contribution is 2.20. The van der Waals surface area contributed by atoms with Crippen molar-refractivity contribution in [2.24, 2.45) is 7.05 Å². The number of nitrogens with zero attached hydrogens (tertiary/aromatic N) is 3. The largest absolute Gasteiger partial charge is 0.307 e. The summed E-state index contributed by atoms with van der Waals surface area (Å²) in [6.45, 7) is 3.04. The zero-order valence-electron chi connectivity index (χ0n) is 8.25. The van der Waals surface area contributed by atoms with Crippen LogP contribution in [-0.4, -0.2) is 21.3 Å². The van der Waals surface area contributed by atoms with Gasteiger partial charge in [-0.1, -0.05) is 6.42 Å². The molecule has 1 saturated heterocycles. The van der Waals surface area contributed by atoms with Gasteiger partial charge in [-0.05, 0) is 26.3 Å². The molecule has 1 aliphatic heterocycles. The van der Waals surface area contributed by atoms with Gasteiger partial charge in [-0.15, -0.1) is 0 Å². The van der Waals surface area contributed by atoms with Gasteiger partial charge >= 0.3 is 0 Å². The zero-order valence-corrected chi connectivity index (χ0v) is 8.25. The first kappa shape index (κ1) is 8.69. The molecule has 1 atom stereocenters. The average molecular weight is 180 g/mol. The van der Waals surface area contributed by atoms with Crippen LogP contribution in [0.1, 0.15) is 37.0 Å². The van der Waals surface area contributed by atoms with Gasteiger partial charge in [0.25, 0.3) is 0 Å². The summed E-state index contributed by atoms with van der Waals surface area (Å²) in [4.78, 5) is 4.42. The van der Waals surface area contributed by atoms with Crippen molar-refractivity contribution >= 4 is 0 Å². The first-order chi connectivity index (χ1) is 6.27. The summed E-state index contributed by atoms with van der Waals surface area (Å²) in [5.41, 5.74) is 0. The van der Waals surface area contributed by atoms with Crippen molar-refractivity contribution in [2.45, 2.75) is 32.2 Å². The highest BCUT2D eigenvalue weighted by atomic mass is 15.3. The van der Waals surface area contributed by atoms with Crippen LogP contribution in [0.25, 0.3) is 0 Å². The SMILES string of the molecule is Cc1nc(C2CCCCN2)n(C)n1. The average Bonchev–Trinajstić information content (AvgIpc) is 2.47. The Labute approximate surface area is 78.4 Å². The molecule has 13 heavy (non-hydrogen) atoms. The van der Waals surface area contributed by atoms with Crippen molar-refractivity contribution in [1.29, 1.82) is 0 Å². The first-order valence-corrected chi connectivity index (χ1v) is 4.88. The Bertz CT molecular complexity index is 286. The normalized spacial score (nSPS) is 23.4. The van der Waals surface area contributed by atoms with E-state index in [0.717, 1.165) is 18.2 Å². The Morgan fingerprint density at radius 3 is 2.85 bits per heavy atom. The fourth-order valence-electron chi connectivity index (χ4n) is 1.90. The Morgan fingerprint density at radius 1 is 1.46 bits per heavy atom. The van der Waals surface area contributed by atoms with Crippen LogP contribution in [0.4, 0.5) is 0 Å². The maximum atomic E-state index is 4.42. The van der Waals surface area contributed by atoms with E-state index in [1.54, 1.807) is 0 Å². The highest BCUT2D eigenvalue weighted by molar-refractivity contribution is 4.98. The lowest BCUT2D eigenvalue weighted by molar-refractivity contribution is 0.386. The second-order valence-electron chi connectivity index (χ2n) is 3.64. The number of piperidine rings is 1. The van der Waals surface area contributed by atoms with Gasteiger partial charge in [-0.3, -0.25) is 4.68 Å². The Kier molecular flexibility index (Phi) is 2.31. The number of nitrogens with one attached hydrogen (secondary N) is 1. The standard InChI is InChI=1S/C9H16N4/c1-7-11-9(13(2)12-7)8-5-3-4-6-10-8/h8,10H,3-6H2,1-2H3. The summed E-state index contributed by atoms with van der Waals surface area (Å²) in [6, 6.07) is 0.417. The number of aromatic nitrogens is 3. The molecule has 0 bridgehead atoms. The fraction of sp³-hybridized carbons (Fsp3) is 0.778. The molecule has 4 heteroatoms. The lowest BCUT2D eigenvalue weighted by Gasteiger charge is -2.22. The molecule has 0 aromatic carbocycles. The van der Waals surface area contributed by atoms with Crippen LogP contribution < -0.4 is 5.32 Å². The highest BCUT2D eigenvalue weighted by Gasteiger charge is 2.19. The number of aryl methyl sites for hydroxylation is 2. The molecule has 72 valence electrons. The van der Waals surface area contributed by atoms with Crippen LogP contribution in [0.5, 0.6) is 0 Å². The third-order valence-electron chi connectivity index (χ3n) is 2.52. The number of hydrogen-bond acceptors (Lipinski definition) is 3. The van der Waals surface area contributed by atoms with Crippen molar-refractivity contribution in [3.63, 3.8) is 0 Å². The van der Waals surface area contributed by atoms with Gasteiger partial charge in [0, 0.05) is 7.05 Å². The molecule has 1 unspecified atom stereocenters. The summed E-state index contributed by atoms with van der Waals surface area (Å²) in [5.74, 6) is 1.95. The molecule has 0 aliphatic carbocycles. The molecule has 1 aromatic rings. The topological polar surface area (TPSA) is 42.7 Å².